The van der Waals surface area contributed by atoms with Crippen molar-refractivity contribution in [2.24, 2.45) is 0 Å². The van der Waals surface area contributed by atoms with Crippen LogP contribution in [0.5, 0.6) is 11.5 Å². The molecule has 5 aromatic rings. The van der Waals surface area contributed by atoms with Gasteiger partial charge in [0, 0.05) is 39.9 Å². The summed E-state index contributed by atoms with van der Waals surface area (Å²) in [6.07, 6.45) is -0.540. The van der Waals surface area contributed by atoms with Gasteiger partial charge in [-0.2, -0.15) is 5.26 Å². The second-order valence-corrected chi connectivity index (χ2v) is 16.6. The summed E-state index contributed by atoms with van der Waals surface area (Å²) in [5, 5.41) is 12.5. The summed E-state index contributed by atoms with van der Waals surface area (Å²) >= 11 is 0. The number of fused-ring (bicyclic) bond motifs is 2. The zero-order valence-corrected chi connectivity index (χ0v) is 36.5. The number of amides is 1. The molecular formula is C49H52N3O8P. The number of nitriles is 1. The Hall–Kier alpha value is -5.73. The summed E-state index contributed by atoms with van der Waals surface area (Å²) < 4.78 is 33.6. The van der Waals surface area contributed by atoms with Crippen molar-refractivity contribution >= 4 is 26.0 Å². The number of carbonyl (C=O) groups excluding carboxylic acids is 3. The van der Waals surface area contributed by atoms with Gasteiger partial charge in [-0.1, -0.05) is 78.9 Å². The number of rotatable bonds is 19. The van der Waals surface area contributed by atoms with E-state index in [0.717, 1.165) is 16.7 Å². The van der Waals surface area contributed by atoms with Crippen molar-refractivity contribution in [2.75, 3.05) is 27.4 Å². The quantitative estimate of drug-likeness (QED) is 0.0478. The second-order valence-electron chi connectivity index (χ2n) is 15.2. The number of nitrogens with zero attached hydrogens (tertiary/aromatic N) is 2. The molecule has 11 nitrogen and oxygen atoms in total. The van der Waals surface area contributed by atoms with Crippen molar-refractivity contribution in [1.29, 1.82) is 5.26 Å². The highest BCUT2D eigenvalue weighted by molar-refractivity contribution is 7.44. The molecule has 316 valence electrons. The Morgan fingerprint density at radius 2 is 1.21 bits per heavy atom. The van der Waals surface area contributed by atoms with Crippen LogP contribution in [0.2, 0.25) is 0 Å². The molecule has 0 fully saturated rings. The minimum absolute atomic E-state index is 0.0291. The van der Waals surface area contributed by atoms with E-state index in [1.54, 1.807) is 44.6 Å². The Balaban J connectivity index is 1.43. The molecule has 5 aromatic carbocycles. The fourth-order valence-corrected chi connectivity index (χ4v) is 9.32. The molecule has 0 saturated heterocycles. The van der Waals surface area contributed by atoms with E-state index in [1.807, 2.05) is 85.8 Å². The van der Waals surface area contributed by atoms with Gasteiger partial charge in [-0.15, -0.1) is 0 Å². The third-order valence-electron chi connectivity index (χ3n) is 10.6. The van der Waals surface area contributed by atoms with Gasteiger partial charge in [-0.3, -0.25) is 14.4 Å². The molecule has 61 heavy (non-hydrogen) atoms. The molecule has 1 aliphatic carbocycles. The van der Waals surface area contributed by atoms with Crippen LogP contribution in [-0.2, 0) is 19.4 Å². The molecule has 0 aliphatic heterocycles. The van der Waals surface area contributed by atoms with E-state index in [9.17, 15) is 19.6 Å². The highest BCUT2D eigenvalue weighted by Gasteiger charge is 2.40. The van der Waals surface area contributed by atoms with Crippen LogP contribution in [-0.4, -0.2) is 73.8 Å². The van der Waals surface area contributed by atoms with Crippen LogP contribution in [0.4, 0.5) is 0 Å². The number of hydrogen-bond donors (Lipinski definition) is 1. The van der Waals surface area contributed by atoms with Gasteiger partial charge >= 0.3 is 0 Å². The fourth-order valence-electron chi connectivity index (χ4n) is 7.59. The largest absolute Gasteiger partial charge is 0.497 e. The van der Waals surface area contributed by atoms with Gasteiger partial charge < -0.3 is 28.6 Å². The number of nitrogens with one attached hydrogen (secondary N) is 1. The molecule has 0 bridgehead atoms. The third-order valence-corrected chi connectivity index (χ3v) is 12.9. The first kappa shape index (κ1) is 44.8. The molecule has 1 amide bonds. The predicted octanol–water partition coefficient (Wildman–Crippen LogP) is 9.27. The van der Waals surface area contributed by atoms with Crippen molar-refractivity contribution in [1.82, 2.24) is 9.99 Å². The first-order valence-corrected chi connectivity index (χ1v) is 21.4. The van der Waals surface area contributed by atoms with E-state index in [2.05, 4.69) is 43.8 Å². The molecular weight excluding hydrogens is 790 g/mol. The molecule has 0 spiro atoms. The number of benzene rings is 5. The molecule has 3 atom stereocenters. The number of ketones is 2. The lowest BCUT2D eigenvalue weighted by atomic mass is 9.80. The molecule has 0 heterocycles. The highest BCUT2D eigenvalue weighted by atomic mass is 31.2. The van der Waals surface area contributed by atoms with Crippen LogP contribution >= 0.6 is 8.53 Å². The summed E-state index contributed by atoms with van der Waals surface area (Å²) in [5.74, 6) is 0.247. The van der Waals surface area contributed by atoms with E-state index in [0.29, 0.717) is 22.6 Å². The molecule has 6 rings (SSSR count). The molecule has 1 unspecified atom stereocenters. The topological polar surface area (TPSA) is 136 Å². The Bertz CT molecular complexity index is 2290. The average Bonchev–Trinajstić information content (AvgIpc) is 3.28. The number of hydrogen-bond acceptors (Lipinski definition) is 10. The first-order valence-electron chi connectivity index (χ1n) is 20.3. The monoisotopic (exact) mass is 841 g/mol. The van der Waals surface area contributed by atoms with E-state index in [4.69, 9.17) is 23.3 Å². The summed E-state index contributed by atoms with van der Waals surface area (Å²) in [4.78, 5) is 41.6. The normalized spacial score (nSPS) is 13.9. The molecule has 1 N–H and O–H groups in total. The lowest BCUT2D eigenvalue weighted by molar-refractivity contribution is -0.0181. The zero-order valence-electron chi connectivity index (χ0n) is 35.6. The Morgan fingerprint density at radius 1 is 0.705 bits per heavy atom. The molecule has 12 heteroatoms. The van der Waals surface area contributed by atoms with E-state index >= 15 is 0 Å². The fraction of sp³-hybridized carbons (Fsp3) is 0.306. The van der Waals surface area contributed by atoms with Crippen molar-refractivity contribution < 1.29 is 37.6 Å². The molecule has 0 radical (unpaired) electrons. The zero-order chi connectivity index (χ0) is 43.7. The minimum Gasteiger partial charge on any atom is -0.497 e. The summed E-state index contributed by atoms with van der Waals surface area (Å²) in [6, 6.07) is 37.8. The smallest absolute Gasteiger partial charge is 0.259 e. The maximum absolute atomic E-state index is 14.5. The number of methoxy groups -OCH3 is 2. The summed E-state index contributed by atoms with van der Waals surface area (Å²) in [7, 11) is 1.50. The van der Waals surface area contributed by atoms with Crippen molar-refractivity contribution in [3.8, 4) is 17.6 Å². The Kier molecular flexibility index (Phi) is 14.9. The Morgan fingerprint density at radius 3 is 1.74 bits per heavy atom. The third kappa shape index (κ3) is 9.76. The van der Waals surface area contributed by atoms with Gasteiger partial charge in [-0.05, 0) is 93.8 Å². The van der Waals surface area contributed by atoms with Crippen LogP contribution in [0.15, 0.2) is 121 Å². The highest BCUT2D eigenvalue weighted by Crippen LogP contribution is 2.48. The number of carbonyl (C=O) groups is 3. The Labute approximate surface area is 359 Å². The predicted molar refractivity (Wildman–Crippen MR) is 235 cm³/mol. The van der Waals surface area contributed by atoms with Gasteiger partial charge in [0.2, 0.25) is 0 Å². The van der Waals surface area contributed by atoms with Crippen LogP contribution < -0.4 is 14.8 Å². The standard InChI is InChI=1S/C49H52N3O8P/c1-32(2)52(33(3)4)61(59-29-13-28-50)60-34(5)45(51-48(55)35-18-27-43-44(30-35)47(54)42-17-12-11-16-41(42)46(43)53)31-58-49(36-14-9-8-10-15-36,37-19-23-39(56-6)24-20-37)38-21-25-40(57-7)26-22-38/h8-12,14-27,30,32-34,45H,13,29,31H2,1-7H3,(H,51,55)/t34-,45-,61?/m0/s1. The average molecular weight is 842 g/mol. The lowest BCUT2D eigenvalue weighted by Gasteiger charge is -2.40. The van der Waals surface area contributed by atoms with Gasteiger partial charge in [0.15, 0.2) is 11.6 Å². The van der Waals surface area contributed by atoms with Gasteiger partial charge in [-0.25, -0.2) is 4.67 Å². The maximum Gasteiger partial charge on any atom is 0.259 e. The van der Waals surface area contributed by atoms with Crippen LogP contribution in [0.25, 0.3) is 0 Å². The van der Waals surface area contributed by atoms with Crippen LogP contribution in [0.3, 0.4) is 0 Å². The van der Waals surface area contributed by atoms with Gasteiger partial charge in [0.1, 0.15) is 17.1 Å². The minimum atomic E-state index is -1.72. The molecule has 1 aliphatic rings. The van der Waals surface area contributed by atoms with E-state index in [-0.39, 0.29) is 60.0 Å². The SMILES string of the molecule is COc1ccc(C(OC[C@H](NC(=O)c2ccc3c(c2)C(=O)c2ccccc2C3=O)[C@H](C)OP(OCCC#N)N(C(C)C)C(C)C)(c2ccccc2)c2ccc(OC)cc2)cc1. The summed E-state index contributed by atoms with van der Waals surface area (Å²) in [5.41, 5.74) is 2.43. The van der Waals surface area contributed by atoms with Gasteiger partial charge in [0.05, 0.1) is 52.1 Å². The molecule has 0 aromatic heterocycles. The van der Waals surface area contributed by atoms with Crippen LogP contribution in [0, 0.1) is 11.3 Å². The maximum atomic E-state index is 14.5. The van der Waals surface area contributed by atoms with Crippen LogP contribution in [0.1, 0.15) is 99.9 Å². The van der Waals surface area contributed by atoms with Gasteiger partial charge in [0.25, 0.3) is 14.4 Å². The number of ether oxygens (including phenoxy) is 3. The first-order chi connectivity index (χ1) is 29.4. The van der Waals surface area contributed by atoms with E-state index in [1.165, 1.54) is 12.1 Å². The van der Waals surface area contributed by atoms with E-state index < -0.39 is 32.2 Å². The van der Waals surface area contributed by atoms with Crippen molar-refractivity contribution in [3.05, 3.63) is 166 Å². The van der Waals surface area contributed by atoms with Crippen molar-refractivity contribution in [3.63, 3.8) is 0 Å². The summed E-state index contributed by atoms with van der Waals surface area (Å²) in [6.45, 7) is 10.2. The lowest BCUT2D eigenvalue weighted by Crippen LogP contribution is -2.49. The molecule has 0 saturated carbocycles. The van der Waals surface area contributed by atoms with Crippen molar-refractivity contribution in [2.45, 2.75) is 70.9 Å². The second kappa shape index (κ2) is 20.2.